The van der Waals surface area contributed by atoms with Crippen molar-refractivity contribution >= 4 is 42.4 Å². The minimum absolute atomic E-state index is 0.223. The van der Waals surface area contributed by atoms with Crippen molar-refractivity contribution in [2.24, 2.45) is 0 Å². The highest BCUT2D eigenvalue weighted by Crippen LogP contribution is 2.22. The number of halogens is 2. The molecule has 10 heteroatoms. The van der Waals surface area contributed by atoms with E-state index in [1.807, 2.05) is 0 Å². The predicted octanol–water partition coefficient (Wildman–Crippen LogP) is 3.51. The summed E-state index contributed by atoms with van der Waals surface area (Å²) in [5.41, 5.74) is 0. The van der Waals surface area contributed by atoms with Crippen LogP contribution >= 0.6 is 23.3 Å². The maximum atomic E-state index is 12.4. The van der Waals surface area contributed by atoms with Gasteiger partial charge in [0.25, 0.3) is 9.05 Å². The van der Waals surface area contributed by atoms with Crippen molar-refractivity contribution in [3.05, 3.63) is 54.3 Å². The van der Waals surface area contributed by atoms with Gasteiger partial charge in [0.15, 0.2) is 0 Å². The predicted molar refractivity (Wildman–Crippen MR) is 101 cm³/mol. The SMILES string of the molecule is O=S(=O)(Cl)c1cccc(F)c1.O=S(=O)(c1cccc(S)c1)N1CCCC1. The van der Waals surface area contributed by atoms with Crippen LogP contribution in [0.1, 0.15) is 12.8 Å². The van der Waals surface area contributed by atoms with E-state index in [1.165, 1.54) is 16.4 Å². The van der Waals surface area contributed by atoms with Gasteiger partial charge in [-0.2, -0.15) is 4.31 Å². The first-order valence-corrected chi connectivity index (χ1v) is 11.8. The molecule has 0 N–H and O–H groups in total. The van der Waals surface area contributed by atoms with E-state index in [2.05, 4.69) is 12.6 Å². The molecule has 1 fully saturated rings. The number of hydrogen-bond acceptors (Lipinski definition) is 5. The van der Waals surface area contributed by atoms with Crippen molar-refractivity contribution in [3.8, 4) is 0 Å². The summed E-state index contributed by atoms with van der Waals surface area (Å²) in [6.07, 6.45) is 1.92. The minimum Gasteiger partial charge on any atom is -0.207 e. The van der Waals surface area contributed by atoms with Gasteiger partial charge in [0, 0.05) is 28.7 Å². The molecule has 0 bridgehead atoms. The first-order valence-electron chi connectivity index (χ1n) is 7.60. The normalized spacial score (nSPS) is 15.3. The molecule has 1 aliphatic heterocycles. The first-order chi connectivity index (χ1) is 12.1. The second kappa shape index (κ2) is 8.71. The average Bonchev–Trinajstić information content (AvgIpc) is 3.10. The van der Waals surface area contributed by atoms with Gasteiger partial charge in [-0.25, -0.2) is 21.2 Å². The zero-order valence-corrected chi connectivity index (χ0v) is 16.8. The quantitative estimate of drug-likeness (QED) is 0.589. The minimum atomic E-state index is -3.79. The van der Waals surface area contributed by atoms with Crippen molar-refractivity contribution in [2.45, 2.75) is 27.5 Å². The highest BCUT2D eigenvalue weighted by Gasteiger charge is 2.26. The lowest BCUT2D eigenvalue weighted by molar-refractivity contribution is 0.477. The summed E-state index contributed by atoms with van der Waals surface area (Å²) >= 11 is 4.15. The summed E-state index contributed by atoms with van der Waals surface area (Å²) in [6.45, 7) is 1.28. The van der Waals surface area contributed by atoms with Gasteiger partial charge in [-0.05, 0) is 49.2 Å². The lowest BCUT2D eigenvalue weighted by atomic mass is 10.4. The van der Waals surface area contributed by atoms with Crippen LogP contribution in [0.4, 0.5) is 4.39 Å². The first kappa shape index (κ1) is 21.2. The molecule has 0 aromatic heterocycles. The van der Waals surface area contributed by atoms with Gasteiger partial charge in [0.05, 0.1) is 9.79 Å². The molecule has 3 rings (SSSR count). The van der Waals surface area contributed by atoms with Crippen LogP contribution in [-0.2, 0) is 19.1 Å². The van der Waals surface area contributed by atoms with Crippen LogP contribution in [-0.4, -0.2) is 34.2 Å². The molecule has 2 aromatic rings. The Morgan fingerprint density at radius 1 is 0.923 bits per heavy atom. The van der Waals surface area contributed by atoms with Gasteiger partial charge in [-0.1, -0.05) is 12.1 Å². The Labute approximate surface area is 162 Å². The molecule has 0 aliphatic carbocycles. The fraction of sp³-hybridized carbons (Fsp3) is 0.250. The Hall–Kier alpha value is -1.13. The van der Waals surface area contributed by atoms with E-state index >= 15 is 0 Å². The smallest absolute Gasteiger partial charge is 0.207 e. The monoisotopic (exact) mass is 437 g/mol. The number of rotatable bonds is 3. The Balaban J connectivity index is 0.000000197. The highest BCUT2D eigenvalue weighted by atomic mass is 35.7. The molecule has 0 spiro atoms. The van der Waals surface area contributed by atoms with Gasteiger partial charge in [-0.15, -0.1) is 12.6 Å². The molecular formula is C16H17ClFNO4S3. The van der Waals surface area contributed by atoms with Crippen molar-refractivity contribution in [3.63, 3.8) is 0 Å². The Morgan fingerprint density at radius 3 is 2.00 bits per heavy atom. The number of nitrogens with zero attached hydrogens (tertiary/aromatic N) is 1. The van der Waals surface area contributed by atoms with Gasteiger partial charge in [0.1, 0.15) is 5.82 Å². The van der Waals surface area contributed by atoms with Crippen LogP contribution in [0.2, 0.25) is 0 Å². The fourth-order valence-electron chi connectivity index (χ4n) is 2.34. The van der Waals surface area contributed by atoms with Crippen LogP contribution < -0.4 is 0 Å². The van der Waals surface area contributed by atoms with E-state index in [0.717, 1.165) is 25.0 Å². The molecule has 0 radical (unpaired) electrons. The average molecular weight is 438 g/mol. The second-order valence-electron chi connectivity index (χ2n) is 5.50. The molecule has 1 heterocycles. The Bertz CT molecular complexity index is 974. The van der Waals surface area contributed by atoms with Crippen LogP contribution in [0.15, 0.2) is 63.2 Å². The Kier molecular flexibility index (Phi) is 7.09. The van der Waals surface area contributed by atoms with Crippen LogP contribution in [0.5, 0.6) is 0 Å². The maximum Gasteiger partial charge on any atom is 0.261 e. The van der Waals surface area contributed by atoms with E-state index in [0.29, 0.717) is 22.9 Å². The molecule has 0 unspecified atom stereocenters. The Morgan fingerprint density at radius 2 is 1.50 bits per heavy atom. The summed E-state index contributed by atoms with van der Waals surface area (Å²) in [6, 6.07) is 11.2. The standard InChI is InChI=1S/C10H13NO2S2.C6H4ClFO2S/c12-15(13,11-6-1-2-7-11)10-5-3-4-9(14)8-10;7-11(9,10)6-3-1-2-5(8)4-6/h3-5,8,14H,1-2,6-7H2;1-4H. The van der Waals surface area contributed by atoms with Crippen LogP contribution in [0, 0.1) is 5.82 Å². The van der Waals surface area contributed by atoms with Crippen molar-refractivity contribution in [2.75, 3.05) is 13.1 Å². The zero-order chi connectivity index (χ0) is 19.4. The van der Waals surface area contributed by atoms with E-state index in [4.69, 9.17) is 10.7 Å². The van der Waals surface area contributed by atoms with E-state index in [9.17, 15) is 21.2 Å². The molecule has 0 atom stereocenters. The summed E-state index contributed by atoms with van der Waals surface area (Å²) in [5, 5.41) is 0. The summed E-state index contributed by atoms with van der Waals surface area (Å²) in [5.74, 6) is -0.619. The number of thiol groups is 1. The molecule has 0 amide bonds. The third-order valence-electron chi connectivity index (χ3n) is 3.60. The summed E-state index contributed by atoms with van der Waals surface area (Å²) in [7, 11) is -2.13. The summed E-state index contributed by atoms with van der Waals surface area (Å²) < 4.78 is 59.2. The van der Waals surface area contributed by atoms with Crippen LogP contribution in [0.3, 0.4) is 0 Å². The topological polar surface area (TPSA) is 71.5 Å². The number of hydrogen-bond donors (Lipinski definition) is 1. The van der Waals surface area contributed by atoms with Crippen molar-refractivity contribution in [1.82, 2.24) is 4.31 Å². The van der Waals surface area contributed by atoms with Crippen LogP contribution in [0.25, 0.3) is 0 Å². The second-order valence-corrected chi connectivity index (χ2v) is 10.5. The molecule has 26 heavy (non-hydrogen) atoms. The lowest BCUT2D eigenvalue weighted by Crippen LogP contribution is -2.27. The summed E-state index contributed by atoms with van der Waals surface area (Å²) in [4.78, 5) is 0.798. The molecule has 2 aromatic carbocycles. The van der Waals surface area contributed by atoms with Gasteiger partial charge in [0.2, 0.25) is 10.0 Å². The van der Waals surface area contributed by atoms with E-state index < -0.39 is 24.9 Å². The molecule has 5 nitrogen and oxygen atoms in total. The fourth-order valence-corrected chi connectivity index (χ4v) is 5.00. The van der Waals surface area contributed by atoms with Crippen molar-refractivity contribution in [1.29, 1.82) is 0 Å². The largest absolute Gasteiger partial charge is 0.261 e. The molecular weight excluding hydrogens is 421 g/mol. The number of sulfonamides is 1. The lowest BCUT2D eigenvalue weighted by Gasteiger charge is -2.15. The van der Waals surface area contributed by atoms with Gasteiger partial charge in [-0.3, -0.25) is 0 Å². The van der Waals surface area contributed by atoms with E-state index in [1.54, 1.807) is 24.3 Å². The van der Waals surface area contributed by atoms with Gasteiger partial charge < -0.3 is 0 Å². The molecule has 0 saturated carbocycles. The molecule has 1 aliphatic rings. The zero-order valence-electron chi connectivity index (χ0n) is 13.5. The maximum absolute atomic E-state index is 12.4. The number of benzene rings is 2. The molecule has 1 saturated heterocycles. The van der Waals surface area contributed by atoms with Gasteiger partial charge >= 0.3 is 0 Å². The third kappa shape index (κ3) is 5.68. The van der Waals surface area contributed by atoms with E-state index in [-0.39, 0.29) is 4.90 Å². The molecule has 142 valence electrons. The third-order valence-corrected chi connectivity index (χ3v) is 7.12. The van der Waals surface area contributed by atoms with Crippen molar-refractivity contribution < 1.29 is 21.2 Å². The highest BCUT2D eigenvalue weighted by molar-refractivity contribution is 8.13.